The van der Waals surface area contributed by atoms with E-state index in [9.17, 15) is 4.79 Å². The molecule has 0 aliphatic rings. The molecule has 0 saturated carbocycles. The highest BCUT2D eigenvalue weighted by Gasteiger charge is 2.15. The Kier molecular flexibility index (Phi) is 5.85. The van der Waals surface area contributed by atoms with Crippen LogP contribution in [0.3, 0.4) is 0 Å². The molecular weight excluding hydrogens is 435 g/mol. The summed E-state index contributed by atoms with van der Waals surface area (Å²) in [6.07, 6.45) is 0. The third-order valence-corrected chi connectivity index (χ3v) is 6.94. The highest BCUT2D eigenvalue weighted by molar-refractivity contribution is 7.20. The molecule has 8 heteroatoms. The van der Waals surface area contributed by atoms with E-state index in [-0.39, 0.29) is 0 Å². The Balaban J connectivity index is 1.90. The first-order valence-corrected chi connectivity index (χ1v) is 11.1. The van der Waals surface area contributed by atoms with E-state index in [0.717, 1.165) is 32.3 Å². The van der Waals surface area contributed by atoms with Crippen molar-refractivity contribution >= 4 is 72.8 Å². The topological polar surface area (TPSA) is 43.6 Å². The monoisotopic (exact) mass is 450 g/mol. The van der Waals surface area contributed by atoms with Gasteiger partial charge in [0.15, 0.2) is 4.80 Å². The fourth-order valence-corrected chi connectivity index (χ4v) is 5.67. The Morgan fingerprint density at radius 1 is 1.18 bits per heavy atom. The molecule has 1 amide bonds. The number of amides is 1. The van der Waals surface area contributed by atoms with Crippen molar-refractivity contribution in [3.63, 3.8) is 0 Å². The predicted octanol–water partition coefficient (Wildman–Crippen LogP) is 6.00. The number of carbonyl (C=O) groups is 1. The summed E-state index contributed by atoms with van der Waals surface area (Å²) in [6.45, 7) is 3.75. The van der Waals surface area contributed by atoms with Gasteiger partial charge in [0, 0.05) is 18.5 Å². The molecule has 0 unspecified atom stereocenters. The Hall–Kier alpha value is -1.70. The zero-order valence-corrected chi connectivity index (χ0v) is 18.1. The number of halogens is 2. The molecular formula is C20H16Cl2N2O2S2. The third kappa shape index (κ3) is 3.75. The van der Waals surface area contributed by atoms with Crippen LogP contribution < -0.4 is 4.80 Å². The number of fused-ring (bicyclic) bond motifs is 3. The summed E-state index contributed by atoms with van der Waals surface area (Å²) in [5, 5.41) is 2.29. The van der Waals surface area contributed by atoms with Crippen molar-refractivity contribution in [3.8, 4) is 0 Å². The molecule has 0 radical (unpaired) electrons. The van der Waals surface area contributed by atoms with Gasteiger partial charge in [0.2, 0.25) is 0 Å². The van der Waals surface area contributed by atoms with Gasteiger partial charge in [-0.05, 0) is 24.4 Å². The number of aromatic nitrogens is 1. The molecule has 0 atom stereocenters. The lowest BCUT2D eigenvalue weighted by molar-refractivity contribution is 0.0997. The summed E-state index contributed by atoms with van der Waals surface area (Å²) in [5.41, 5.74) is 1.36. The highest BCUT2D eigenvalue weighted by atomic mass is 35.5. The van der Waals surface area contributed by atoms with Crippen LogP contribution in [0.4, 0.5) is 0 Å². The first-order chi connectivity index (χ1) is 13.6. The molecule has 0 spiro atoms. The first-order valence-electron chi connectivity index (χ1n) is 8.71. The average Bonchev–Trinajstić information content (AvgIpc) is 3.21. The lowest BCUT2D eigenvalue weighted by Gasteiger charge is -2.06. The number of thiophene rings is 1. The molecule has 4 nitrogen and oxygen atoms in total. The molecule has 2 heterocycles. The second-order valence-electron chi connectivity index (χ2n) is 6.02. The molecule has 0 aliphatic heterocycles. The SMILES string of the molecule is CCOCCn1c(=NC(=O)c2cc(Cl)sc2Cl)sc2c3ccccc3ccc21. The van der Waals surface area contributed by atoms with Gasteiger partial charge in [0.1, 0.15) is 4.34 Å². The Labute approximate surface area is 179 Å². The van der Waals surface area contributed by atoms with Gasteiger partial charge in [-0.15, -0.1) is 11.3 Å². The summed E-state index contributed by atoms with van der Waals surface area (Å²) in [7, 11) is 0. The number of rotatable bonds is 5. The van der Waals surface area contributed by atoms with Crippen molar-refractivity contribution in [2.24, 2.45) is 4.99 Å². The van der Waals surface area contributed by atoms with Gasteiger partial charge in [0.25, 0.3) is 5.91 Å². The van der Waals surface area contributed by atoms with Crippen molar-refractivity contribution in [2.45, 2.75) is 13.5 Å². The van der Waals surface area contributed by atoms with Gasteiger partial charge in [-0.3, -0.25) is 4.79 Å². The fraction of sp³-hybridized carbons (Fsp3) is 0.200. The molecule has 0 bridgehead atoms. The Bertz CT molecular complexity index is 1240. The molecule has 0 aliphatic carbocycles. The van der Waals surface area contributed by atoms with Crippen molar-refractivity contribution in [1.29, 1.82) is 0 Å². The van der Waals surface area contributed by atoms with Crippen LogP contribution in [0.2, 0.25) is 8.67 Å². The molecule has 0 fully saturated rings. The fourth-order valence-electron chi connectivity index (χ4n) is 3.03. The van der Waals surface area contributed by atoms with Gasteiger partial charge in [-0.25, -0.2) is 0 Å². The normalized spacial score (nSPS) is 12.3. The second-order valence-corrected chi connectivity index (χ2v) is 9.29. The number of thiazole rings is 1. The van der Waals surface area contributed by atoms with Crippen molar-refractivity contribution in [1.82, 2.24) is 4.57 Å². The van der Waals surface area contributed by atoms with Gasteiger partial charge < -0.3 is 9.30 Å². The van der Waals surface area contributed by atoms with Crippen LogP contribution in [-0.4, -0.2) is 23.7 Å². The van der Waals surface area contributed by atoms with E-state index in [1.165, 1.54) is 11.3 Å². The molecule has 4 rings (SSSR count). The molecule has 4 aromatic rings. The standard InChI is InChI=1S/C20H16Cl2N2O2S2/c1-2-26-10-9-24-15-8-7-12-5-3-4-6-13(12)17(15)28-20(24)23-19(25)14-11-16(21)27-18(14)22/h3-8,11H,2,9-10H2,1H3. The summed E-state index contributed by atoms with van der Waals surface area (Å²) >= 11 is 14.8. The molecule has 28 heavy (non-hydrogen) atoms. The predicted molar refractivity (Wildman–Crippen MR) is 118 cm³/mol. The van der Waals surface area contributed by atoms with Crippen LogP contribution in [0.1, 0.15) is 17.3 Å². The van der Waals surface area contributed by atoms with Gasteiger partial charge >= 0.3 is 0 Å². The van der Waals surface area contributed by atoms with Gasteiger partial charge in [-0.1, -0.05) is 64.9 Å². The lowest BCUT2D eigenvalue weighted by Crippen LogP contribution is -2.19. The maximum atomic E-state index is 12.7. The summed E-state index contributed by atoms with van der Waals surface area (Å²) < 4.78 is 9.47. The minimum absolute atomic E-state index is 0.329. The number of hydrogen-bond donors (Lipinski definition) is 0. The average molecular weight is 451 g/mol. The summed E-state index contributed by atoms with van der Waals surface area (Å²) in [4.78, 5) is 17.7. The lowest BCUT2D eigenvalue weighted by atomic mass is 10.1. The van der Waals surface area contributed by atoms with Gasteiger partial charge in [-0.2, -0.15) is 4.99 Å². The van der Waals surface area contributed by atoms with Crippen LogP contribution in [0.5, 0.6) is 0 Å². The van der Waals surface area contributed by atoms with Crippen LogP contribution >= 0.6 is 45.9 Å². The smallest absolute Gasteiger partial charge is 0.282 e. The van der Waals surface area contributed by atoms with E-state index < -0.39 is 5.91 Å². The summed E-state index contributed by atoms with van der Waals surface area (Å²) in [5.74, 6) is -0.394. The third-order valence-electron chi connectivity index (χ3n) is 4.32. The van der Waals surface area contributed by atoms with Crippen LogP contribution in [-0.2, 0) is 11.3 Å². The number of benzene rings is 2. The van der Waals surface area contributed by atoms with Crippen molar-refractivity contribution < 1.29 is 9.53 Å². The van der Waals surface area contributed by atoms with E-state index in [1.54, 1.807) is 6.07 Å². The first kappa shape index (κ1) is 19.6. The zero-order valence-electron chi connectivity index (χ0n) is 14.9. The molecule has 0 saturated heterocycles. The highest BCUT2D eigenvalue weighted by Crippen LogP contribution is 2.32. The minimum Gasteiger partial charge on any atom is -0.380 e. The minimum atomic E-state index is -0.394. The molecule has 2 aromatic carbocycles. The Morgan fingerprint density at radius 2 is 2.00 bits per heavy atom. The van der Waals surface area contributed by atoms with Crippen LogP contribution in [0.25, 0.3) is 21.0 Å². The van der Waals surface area contributed by atoms with Crippen LogP contribution in [0.15, 0.2) is 47.5 Å². The van der Waals surface area contributed by atoms with E-state index in [4.69, 9.17) is 27.9 Å². The largest absolute Gasteiger partial charge is 0.380 e. The van der Waals surface area contributed by atoms with E-state index >= 15 is 0 Å². The van der Waals surface area contributed by atoms with Crippen molar-refractivity contribution in [2.75, 3.05) is 13.2 Å². The number of carbonyl (C=O) groups excluding carboxylic acids is 1. The van der Waals surface area contributed by atoms with Crippen molar-refractivity contribution in [3.05, 3.63) is 61.5 Å². The molecule has 0 N–H and O–H groups in total. The molecule has 2 aromatic heterocycles. The zero-order chi connectivity index (χ0) is 19.7. The van der Waals surface area contributed by atoms with E-state index in [2.05, 4.69) is 29.3 Å². The maximum absolute atomic E-state index is 12.7. The second kappa shape index (κ2) is 8.35. The van der Waals surface area contributed by atoms with E-state index in [0.29, 0.717) is 38.8 Å². The molecule has 144 valence electrons. The van der Waals surface area contributed by atoms with Gasteiger partial charge in [0.05, 0.1) is 26.7 Å². The van der Waals surface area contributed by atoms with Crippen LogP contribution in [0, 0.1) is 0 Å². The summed E-state index contributed by atoms with van der Waals surface area (Å²) in [6, 6.07) is 13.9. The number of hydrogen-bond acceptors (Lipinski definition) is 4. The Morgan fingerprint density at radius 3 is 2.75 bits per heavy atom. The quantitative estimate of drug-likeness (QED) is 0.349. The maximum Gasteiger partial charge on any atom is 0.282 e. The van der Waals surface area contributed by atoms with E-state index in [1.807, 2.05) is 23.6 Å². The number of nitrogens with zero attached hydrogens (tertiary/aromatic N) is 2. The number of ether oxygens (including phenoxy) is 1.